The Bertz CT molecular complexity index is 698. The van der Waals surface area contributed by atoms with Crippen LogP contribution in [0.2, 0.25) is 0 Å². The van der Waals surface area contributed by atoms with Crippen molar-refractivity contribution in [3.05, 3.63) is 54.1 Å². The number of nitrogens with two attached hydrogens (primary N) is 1. The second-order valence-corrected chi connectivity index (χ2v) is 4.68. The summed E-state index contributed by atoms with van der Waals surface area (Å²) in [5, 5.41) is 0. The van der Waals surface area contributed by atoms with Gasteiger partial charge in [-0.2, -0.15) is 0 Å². The Morgan fingerprint density at radius 3 is 2.74 bits per heavy atom. The molecule has 3 rings (SSSR count). The van der Waals surface area contributed by atoms with Gasteiger partial charge in [0.2, 0.25) is 0 Å². The topological polar surface area (TPSA) is 56.2 Å². The van der Waals surface area contributed by atoms with Gasteiger partial charge in [0.1, 0.15) is 12.0 Å². The highest BCUT2D eigenvalue weighted by Gasteiger charge is 2.04. The van der Waals surface area contributed by atoms with Crippen LogP contribution < -0.4 is 5.73 Å². The number of fused-ring (bicyclic) bond motifs is 1. The summed E-state index contributed by atoms with van der Waals surface area (Å²) in [6.07, 6.45) is 4.58. The van der Waals surface area contributed by atoms with Crippen molar-refractivity contribution in [3.63, 3.8) is 0 Å². The van der Waals surface area contributed by atoms with Crippen molar-refractivity contribution in [1.82, 2.24) is 14.4 Å². The Morgan fingerprint density at radius 2 is 2.00 bits per heavy atom. The molecule has 0 spiro atoms. The minimum atomic E-state index is 0.613. The van der Waals surface area contributed by atoms with Crippen LogP contribution in [0.1, 0.15) is 11.3 Å². The second kappa shape index (κ2) is 4.82. The summed E-state index contributed by atoms with van der Waals surface area (Å²) in [5.41, 5.74) is 10.8. The maximum atomic E-state index is 5.55. The maximum Gasteiger partial charge on any atom is 0.140 e. The minimum Gasteiger partial charge on any atom is -0.330 e. The van der Waals surface area contributed by atoms with Crippen molar-refractivity contribution in [2.24, 2.45) is 5.73 Å². The van der Waals surface area contributed by atoms with Gasteiger partial charge in [-0.1, -0.05) is 29.8 Å². The third-order valence-corrected chi connectivity index (χ3v) is 3.15. The Labute approximate surface area is 111 Å². The molecule has 0 aliphatic rings. The molecular weight excluding hydrogens is 236 g/mol. The molecule has 4 nitrogen and oxygen atoms in total. The van der Waals surface area contributed by atoms with Crippen LogP contribution in [0.25, 0.3) is 16.9 Å². The van der Waals surface area contributed by atoms with E-state index in [0.29, 0.717) is 6.54 Å². The first-order valence-corrected chi connectivity index (χ1v) is 6.37. The lowest BCUT2D eigenvalue weighted by Gasteiger charge is -2.01. The molecule has 2 N–H and O–H groups in total. The van der Waals surface area contributed by atoms with E-state index in [4.69, 9.17) is 5.73 Å². The van der Waals surface area contributed by atoms with Crippen molar-refractivity contribution >= 4 is 5.65 Å². The Morgan fingerprint density at radius 1 is 1.21 bits per heavy atom. The van der Waals surface area contributed by atoms with E-state index >= 15 is 0 Å². The van der Waals surface area contributed by atoms with Gasteiger partial charge in [0.25, 0.3) is 0 Å². The number of rotatable bonds is 3. The van der Waals surface area contributed by atoms with Crippen LogP contribution >= 0.6 is 0 Å². The van der Waals surface area contributed by atoms with Gasteiger partial charge >= 0.3 is 0 Å². The maximum absolute atomic E-state index is 5.55. The molecule has 2 aromatic heterocycles. The first-order chi connectivity index (χ1) is 9.26. The van der Waals surface area contributed by atoms with Gasteiger partial charge in [-0.15, -0.1) is 0 Å². The van der Waals surface area contributed by atoms with E-state index < -0.39 is 0 Å². The van der Waals surface area contributed by atoms with E-state index in [1.54, 1.807) is 6.33 Å². The summed E-state index contributed by atoms with van der Waals surface area (Å²) in [6.45, 7) is 2.69. The van der Waals surface area contributed by atoms with E-state index in [1.165, 1.54) is 5.56 Å². The molecule has 0 atom stereocenters. The zero-order chi connectivity index (χ0) is 13.2. The van der Waals surface area contributed by atoms with Crippen molar-refractivity contribution in [2.75, 3.05) is 6.54 Å². The van der Waals surface area contributed by atoms with Gasteiger partial charge in [0.05, 0.1) is 11.4 Å². The number of nitrogens with zero attached hydrogens (tertiary/aromatic N) is 3. The van der Waals surface area contributed by atoms with Gasteiger partial charge < -0.3 is 5.73 Å². The summed E-state index contributed by atoms with van der Waals surface area (Å²) in [5.74, 6) is 0. The number of aromatic nitrogens is 3. The second-order valence-electron chi connectivity index (χ2n) is 4.68. The Balaban J connectivity index is 2.03. The number of aryl methyl sites for hydroxylation is 1. The van der Waals surface area contributed by atoms with Crippen molar-refractivity contribution < 1.29 is 0 Å². The number of benzene rings is 1. The quantitative estimate of drug-likeness (QED) is 0.777. The monoisotopic (exact) mass is 252 g/mol. The van der Waals surface area contributed by atoms with E-state index in [2.05, 4.69) is 41.2 Å². The SMILES string of the molecule is Cc1ccc(-c2cc3nc(CCN)cn3cn2)cc1. The van der Waals surface area contributed by atoms with E-state index in [-0.39, 0.29) is 0 Å². The molecule has 0 aliphatic carbocycles. The lowest BCUT2D eigenvalue weighted by molar-refractivity contribution is 0.936. The molecule has 0 amide bonds. The van der Waals surface area contributed by atoms with E-state index in [0.717, 1.165) is 29.0 Å². The zero-order valence-electron chi connectivity index (χ0n) is 10.9. The number of hydrogen-bond donors (Lipinski definition) is 1. The molecular formula is C15H16N4. The fourth-order valence-corrected chi connectivity index (χ4v) is 2.09. The minimum absolute atomic E-state index is 0.613. The molecule has 0 radical (unpaired) electrons. The normalized spacial score (nSPS) is 11.1. The molecule has 0 saturated heterocycles. The average Bonchev–Trinajstić information content (AvgIpc) is 2.81. The van der Waals surface area contributed by atoms with Crippen LogP contribution in [0.4, 0.5) is 0 Å². The standard InChI is InChI=1S/C15H16N4/c1-11-2-4-12(5-3-11)14-8-15-18-13(6-7-16)9-19(15)10-17-14/h2-5,8-10H,6-7,16H2,1H3. The average molecular weight is 252 g/mol. The Hall–Kier alpha value is -2.20. The lowest BCUT2D eigenvalue weighted by atomic mass is 10.1. The van der Waals surface area contributed by atoms with Gasteiger partial charge in [-0.25, -0.2) is 9.97 Å². The third kappa shape index (κ3) is 2.35. The molecule has 2 heterocycles. The fraction of sp³-hybridized carbons (Fsp3) is 0.200. The fourth-order valence-electron chi connectivity index (χ4n) is 2.09. The number of imidazole rings is 1. The van der Waals surface area contributed by atoms with Crippen LogP contribution in [0.3, 0.4) is 0 Å². The summed E-state index contributed by atoms with van der Waals surface area (Å²) in [7, 11) is 0. The number of hydrogen-bond acceptors (Lipinski definition) is 3. The highest BCUT2D eigenvalue weighted by Crippen LogP contribution is 2.18. The molecule has 96 valence electrons. The van der Waals surface area contributed by atoms with Gasteiger partial charge in [-0.05, 0) is 13.5 Å². The molecule has 4 heteroatoms. The summed E-state index contributed by atoms with van der Waals surface area (Å²) in [6, 6.07) is 10.3. The third-order valence-electron chi connectivity index (χ3n) is 3.15. The van der Waals surface area contributed by atoms with Crippen molar-refractivity contribution in [2.45, 2.75) is 13.3 Å². The summed E-state index contributed by atoms with van der Waals surface area (Å²) in [4.78, 5) is 9.02. The van der Waals surface area contributed by atoms with Crippen molar-refractivity contribution in [1.29, 1.82) is 0 Å². The van der Waals surface area contributed by atoms with E-state index in [1.807, 2.05) is 16.7 Å². The molecule has 0 bridgehead atoms. The van der Waals surface area contributed by atoms with Crippen LogP contribution in [-0.4, -0.2) is 20.9 Å². The van der Waals surface area contributed by atoms with Gasteiger partial charge in [-0.3, -0.25) is 4.40 Å². The highest BCUT2D eigenvalue weighted by molar-refractivity contribution is 5.63. The van der Waals surface area contributed by atoms with Crippen LogP contribution in [0.15, 0.2) is 42.9 Å². The smallest absolute Gasteiger partial charge is 0.140 e. The lowest BCUT2D eigenvalue weighted by Crippen LogP contribution is -2.02. The summed E-state index contributed by atoms with van der Waals surface area (Å²) >= 11 is 0. The van der Waals surface area contributed by atoms with Gasteiger partial charge in [0, 0.05) is 24.2 Å². The van der Waals surface area contributed by atoms with E-state index in [9.17, 15) is 0 Å². The molecule has 3 aromatic rings. The largest absolute Gasteiger partial charge is 0.330 e. The first-order valence-electron chi connectivity index (χ1n) is 6.37. The molecule has 0 aliphatic heterocycles. The summed E-state index contributed by atoms with van der Waals surface area (Å²) < 4.78 is 1.93. The highest BCUT2D eigenvalue weighted by atomic mass is 15.0. The Kier molecular flexibility index (Phi) is 3.01. The first kappa shape index (κ1) is 11.9. The molecule has 0 fully saturated rings. The molecule has 0 unspecified atom stereocenters. The van der Waals surface area contributed by atoms with Crippen LogP contribution in [0, 0.1) is 6.92 Å². The molecule has 1 aromatic carbocycles. The molecule has 19 heavy (non-hydrogen) atoms. The predicted molar refractivity (Wildman–Crippen MR) is 75.9 cm³/mol. The van der Waals surface area contributed by atoms with Crippen LogP contribution in [-0.2, 0) is 6.42 Å². The zero-order valence-corrected chi connectivity index (χ0v) is 10.9. The van der Waals surface area contributed by atoms with Gasteiger partial charge in [0.15, 0.2) is 0 Å². The molecule has 0 saturated carbocycles. The van der Waals surface area contributed by atoms with Crippen LogP contribution in [0.5, 0.6) is 0 Å². The van der Waals surface area contributed by atoms with Crippen molar-refractivity contribution in [3.8, 4) is 11.3 Å². The predicted octanol–water partition coefficient (Wildman–Crippen LogP) is 2.21.